The minimum absolute atomic E-state index is 0.223. The normalized spacial score (nSPS) is 11.5. The van der Waals surface area contributed by atoms with Gasteiger partial charge in [-0.3, -0.25) is 4.31 Å². The Kier molecular flexibility index (Phi) is 6.10. The van der Waals surface area contributed by atoms with Gasteiger partial charge in [-0.25, -0.2) is 13.4 Å². The molecule has 174 valence electrons. The summed E-state index contributed by atoms with van der Waals surface area (Å²) in [4.78, 5) is 5.07. The summed E-state index contributed by atoms with van der Waals surface area (Å²) in [6.07, 6.45) is 1.27. The van der Waals surface area contributed by atoms with Crippen LogP contribution in [0.2, 0.25) is 0 Å². The van der Waals surface area contributed by atoms with Crippen LogP contribution in [0.15, 0.2) is 109 Å². The van der Waals surface area contributed by atoms with Gasteiger partial charge in [-0.05, 0) is 30.2 Å². The summed E-state index contributed by atoms with van der Waals surface area (Å²) in [5.74, 6) is 0. The highest BCUT2D eigenvalue weighted by atomic mass is 32.2. The molecule has 0 aliphatic heterocycles. The molecule has 1 aromatic heterocycles. The van der Waals surface area contributed by atoms with Gasteiger partial charge < -0.3 is 0 Å². The number of hydrogen-bond acceptors (Lipinski definition) is 3. The number of anilines is 1. The van der Waals surface area contributed by atoms with Gasteiger partial charge >= 0.3 is 0 Å². The highest BCUT2D eigenvalue weighted by molar-refractivity contribution is 7.92. The van der Waals surface area contributed by atoms with E-state index in [9.17, 15) is 8.42 Å². The predicted octanol–water partition coefficient (Wildman–Crippen LogP) is 6.84. The minimum atomic E-state index is -3.64. The van der Waals surface area contributed by atoms with E-state index >= 15 is 0 Å². The number of aromatic nitrogens is 1. The predicted molar refractivity (Wildman–Crippen MR) is 145 cm³/mol. The van der Waals surface area contributed by atoms with Crippen molar-refractivity contribution in [2.45, 2.75) is 13.5 Å². The summed E-state index contributed by atoms with van der Waals surface area (Å²) in [5.41, 5.74) is 6.76. The third-order valence-electron chi connectivity index (χ3n) is 6.04. The maximum Gasteiger partial charge on any atom is 0.232 e. The number of sulfonamides is 1. The third kappa shape index (κ3) is 4.68. The van der Waals surface area contributed by atoms with Crippen LogP contribution in [0.25, 0.3) is 33.3 Å². The van der Waals surface area contributed by atoms with Gasteiger partial charge in [0.2, 0.25) is 10.0 Å². The summed E-state index contributed by atoms with van der Waals surface area (Å²) in [6, 6.07) is 35.6. The highest BCUT2D eigenvalue weighted by Crippen LogP contribution is 2.44. The van der Waals surface area contributed by atoms with Crippen LogP contribution in [0.5, 0.6) is 0 Å². The zero-order valence-corrected chi connectivity index (χ0v) is 20.5. The van der Waals surface area contributed by atoms with Crippen LogP contribution in [-0.4, -0.2) is 19.7 Å². The minimum Gasteiger partial charge on any atom is -0.265 e. The van der Waals surface area contributed by atoms with E-state index in [0.29, 0.717) is 5.69 Å². The largest absolute Gasteiger partial charge is 0.265 e. The highest BCUT2D eigenvalue weighted by Gasteiger charge is 2.27. The van der Waals surface area contributed by atoms with Crippen molar-refractivity contribution in [1.29, 1.82) is 0 Å². The van der Waals surface area contributed by atoms with Crippen LogP contribution in [0.1, 0.15) is 11.1 Å². The molecule has 5 heteroatoms. The van der Waals surface area contributed by atoms with Crippen molar-refractivity contribution in [2.24, 2.45) is 0 Å². The first kappa shape index (κ1) is 22.8. The first-order chi connectivity index (χ1) is 16.9. The summed E-state index contributed by atoms with van der Waals surface area (Å²) in [6.45, 7) is 2.24. The van der Waals surface area contributed by atoms with Crippen molar-refractivity contribution in [3.8, 4) is 22.4 Å². The van der Waals surface area contributed by atoms with Crippen LogP contribution in [0, 0.1) is 6.92 Å². The van der Waals surface area contributed by atoms with Crippen LogP contribution in [0.3, 0.4) is 0 Å². The molecule has 0 atom stereocenters. The van der Waals surface area contributed by atoms with Gasteiger partial charge in [-0.15, -0.1) is 0 Å². The van der Waals surface area contributed by atoms with E-state index in [4.69, 9.17) is 4.98 Å². The molecule has 0 amide bonds. The lowest BCUT2D eigenvalue weighted by Crippen LogP contribution is -2.30. The topological polar surface area (TPSA) is 50.3 Å². The second kappa shape index (κ2) is 9.35. The molecular weight excluding hydrogens is 452 g/mol. The molecule has 0 fully saturated rings. The lowest BCUT2D eigenvalue weighted by molar-refractivity contribution is 0.596. The molecule has 0 spiro atoms. The maximum absolute atomic E-state index is 13.4. The van der Waals surface area contributed by atoms with E-state index in [1.54, 1.807) is 0 Å². The molecule has 0 aliphatic carbocycles. The Morgan fingerprint density at radius 3 is 1.91 bits per heavy atom. The molecule has 1 heterocycles. The lowest BCUT2D eigenvalue weighted by Gasteiger charge is -2.28. The average molecular weight is 479 g/mol. The Bertz CT molecular complexity index is 1580. The van der Waals surface area contributed by atoms with Gasteiger partial charge in [-0.1, -0.05) is 103 Å². The number of benzene rings is 4. The molecule has 0 aliphatic rings. The van der Waals surface area contributed by atoms with Crippen LogP contribution in [-0.2, 0) is 16.6 Å². The molecule has 0 saturated heterocycles. The van der Waals surface area contributed by atoms with Crippen LogP contribution < -0.4 is 4.31 Å². The number of pyridine rings is 1. The molecule has 0 N–H and O–H groups in total. The molecule has 5 aromatic rings. The maximum atomic E-state index is 13.4. The number of hydrogen-bond donors (Lipinski definition) is 0. The fourth-order valence-corrected chi connectivity index (χ4v) is 5.32. The van der Waals surface area contributed by atoms with Gasteiger partial charge in [-0.2, -0.15) is 0 Å². The van der Waals surface area contributed by atoms with E-state index in [1.165, 1.54) is 10.6 Å². The molecule has 0 bridgehead atoms. The zero-order valence-electron chi connectivity index (χ0n) is 19.7. The van der Waals surface area contributed by atoms with Gasteiger partial charge in [0.25, 0.3) is 0 Å². The molecular formula is C30H26N2O2S. The van der Waals surface area contributed by atoms with Crippen LogP contribution in [0.4, 0.5) is 5.69 Å². The first-order valence-corrected chi connectivity index (χ1v) is 13.3. The Morgan fingerprint density at radius 1 is 0.743 bits per heavy atom. The molecule has 0 saturated carbocycles. The van der Waals surface area contributed by atoms with E-state index < -0.39 is 10.0 Å². The Labute approximate surface area is 206 Å². The third-order valence-corrected chi connectivity index (χ3v) is 7.15. The van der Waals surface area contributed by atoms with E-state index in [0.717, 1.165) is 44.4 Å². The standard InChI is InChI=1S/C30H26N2O2S/c1-22-18-19-27-26(20-22)30(32(35(2,33)34)21-23-12-6-3-7-13-23)28(24-14-8-4-9-15-24)29(31-27)25-16-10-5-11-17-25/h3-20H,21H2,1-2H3. The second-order valence-electron chi connectivity index (χ2n) is 8.69. The van der Waals surface area contributed by atoms with E-state index in [2.05, 4.69) is 0 Å². The van der Waals surface area contributed by atoms with Crippen molar-refractivity contribution in [3.63, 3.8) is 0 Å². The summed E-state index contributed by atoms with van der Waals surface area (Å²) < 4.78 is 28.3. The van der Waals surface area contributed by atoms with Crippen molar-refractivity contribution in [2.75, 3.05) is 10.6 Å². The monoisotopic (exact) mass is 478 g/mol. The van der Waals surface area contributed by atoms with Gasteiger partial charge in [0.15, 0.2) is 0 Å². The molecule has 4 aromatic carbocycles. The van der Waals surface area contributed by atoms with Crippen molar-refractivity contribution >= 4 is 26.6 Å². The zero-order chi connectivity index (χ0) is 24.4. The Hall–Kier alpha value is -3.96. The molecule has 0 unspecified atom stereocenters. The Morgan fingerprint density at radius 2 is 1.31 bits per heavy atom. The number of aryl methyl sites for hydroxylation is 1. The molecule has 5 rings (SSSR count). The fraction of sp³-hybridized carbons (Fsp3) is 0.100. The smallest absolute Gasteiger partial charge is 0.232 e. The molecule has 0 radical (unpaired) electrons. The number of rotatable bonds is 6. The quantitative estimate of drug-likeness (QED) is 0.268. The van der Waals surface area contributed by atoms with Gasteiger partial charge in [0, 0.05) is 16.5 Å². The van der Waals surface area contributed by atoms with E-state index in [1.807, 2.05) is 116 Å². The van der Waals surface area contributed by atoms with Crippen molar-refractivity contribution in [1.82, 2.24) is 4.98 Å². The SMILES string of the molecule is Cc1ccc2nc(-c3ccccc3)c(-c3ccccc3)c(N(Cc3ccccc3)S(C)(=O)=O)c2c1. The fourth-order valence-electron chi connectivity index (χ4n) is 4.41. The van der Waals surface area contributed by atoms with Crippen molar-refractivity contribution in [3.05, 3.63) is 120 Å². The van der Waals surface area contributed by atoms with E-state index in [-0.39, 0.29) is 6.54 Å². The molecule has 4 nitrogen and oxygen atoms in total. The lowest BCUT2D eigenvalue weighted by atomic mass is 9.94. The van der Waals surface area contributed by atoms with Gasteiger partial charge in [0.05, 0.1) is 29.7 Å². The first-order valence-electron chi connectivity index (χ1n) is 11.5. The number of nitrogens with zero attached hydrogens (tertiary/aromatic N) is 2. The number of fused-ring (bicyclic) bond motifs is 1. The summed E-state index contributed by atoms with van der Waals surface area (Å²) in [7, 11) is -3.64. The average Bonchev–Trinajstić information content (AvgIpc) is 2.87. The molecule has 35 heavy (non-hydrogen) atoms. The van der Waals surface area contributed by atoms with Crippen molar-refractivity contribution < 1.29 is 8.42 Å². The Balaban J connectivity index is 1.93. The van der Waals surface area contributed by atoms with Gasteiger partial charge in [0.1, 0.15) is 0 Å². The van der Waals surface area contributed by atoms with Crippen LogP contribution >= 0.6 is 0 Å². The summed E-state index contributed by atoms with van der Waals surface area (Å²) >= 11 is 0. The second-order valence-corrected chi connectivity index (χ2v) is 10.6. The summed E-state index contributed by atoms with van der Waals surface area (Å²) in [5, 5.41) is 0.810.